The lowest BCUT2D eigenvalue weighted by atomic mass is 10.2. The zero-order valence-corrected chi connectivity index (χ0v) is 9.03. The number of halogens is 2. The molecule has 0 aliphatic rings. The van der Waals surface area contributed by atoms with Crippen molar-refractivity contribution in [3.05, 3.63) is 34.2 Å². The molecule has 3 N–H and O–H groups in total. The number of hydrogen-bond acceptors (Lipinski definition) is 3. The average Bonchev–Trinajstić information content (AvgIpc) is 2.27. The minimum atomic E-state index is -2.63. The summed E-state index contributed by atoms with van der Waals surface area (Å²) in [5.41, 5.74) is 4.86. The summed E-state index contributed by atoms with van der Waals surface area (Å²) in [6, 6.07) is 2.43. The molecule has 7 heteroatoms. The number of carbonyl (C=O) groups is 1. The SMILES string of the molecule is NCCN(CC(F)F)C(=O)c1cc[nH]c(=O)c1. The molecule has 0 aliphatic carbocycles. The van der Waals surface area contributed by atoms with E-state index in [-0.39, 0.29) is 18.7 Å². The Morgan fingerprint density at radius 3 is 2.76 bits per heavy atom. The van der Waals surface area contributed by atoms with Gasteiger partial charge in [-0.3, -0.25) is 9.59 Å². The van der Waals surface area contributed by atoms with Crippen molar-refractivity contribution in [1.29, 1.82) is 0 Å². The Morgan fingerprint density at radius 2 is 2.24 bits per heavy atom. The van der Waals surface area contributed by atoms with Crippen molar-refractivity contribution in [1.82, 2.24) is 9.88 Å². The van der Waals surface area contributed by atoms with Crippen LogP contribution in [0.15, 0.2) is 23.1 Å². The molecule has 0 bridgehead atoms. The largest absolute Gasteiger partial charge is 0.332 e. The van der Waals surface area contributed by atoms with Crippen LogP contribution in [0.4, 0.5) is 8.78 Å². The number of H-pyrrole nitrogens is 1. The van der Waals surface area contributed by atoms with Crippen LogP contribution in [0.1, 0.15) is 10.4 Å². The number of nitrogens with two attached hydrogens (primary N) is 1. The molecule has 0 aliphatic heterocycles. The molecule has 1 heterocycles. The number of nitrogens with one attached hydrogen (secondary N) is 1. The Kier molecular flexibility index (Phi) is 4.77. The van der Waals surface area contributed by atoms with Crippen LogP contribution in [0.25, 0.3) is 0 Å². The lowest BCUT2D eigenvalue weighted by molar-refractivity contribution is 0.0563. The zero-order valence-electron chi connectivity index (χ0n) is 9.03. The number of rotatable bonds is 5. The third-order valence-corrected chi connectivity index (χ3v) is 2.07. The van der Waals surface area contributed by atoms with Crippen LogP contribution in [0.3, 0.4) is 0 Å². The molecule has 0 atom stereocenters. The number of pyridine rings is 1. The maximum absolute atomic E-state index is 12.3. The monoisotopic (exact) mass is 245 g/mol. The lowest BCUT2D eigenvalue weighted by Gasteiger charge is -2.21. The molecule has 0 saturated carbocycles. The van der Waals surface area contributed by atoms with Gasteiger partial charge in [0.1, 0.15) is 0 Å². The summed E-state index contributed by atoms with van der Waals surface area (Å²) in [5, 5.41) is 0. The number of aromatic nitrogens is 1. The predicted octanol–water partition coefficient (Wildman–Crippen LogP) is 0.0409. The lowest BCUT2D eigenvalue weighted by Crippen LogP contribution is -2.39. The van der Waals surface area contributed by atoms with Crippen molar-refractivity contribution in [3.8, 4) is 0 Å². The summed E-state index contributed by atoms with van der Waals surface area (Å²) in [4.78, 5) is 26.1. The van der Waals surface area contributed by atoms with Gasteiger partial charge in [-0.25, -0.2) is 8.78 Å². The second kappa shape index (κ2) is 6.09. The smallest absolute Gasteiger partial charge is 0.255 e. The number of nitrogens with zero attached hydrogens (tertiary/aromatic N) is 1. The van der Waals surface area contributed by atoms with E-state index < -0.39 is 24.4 Å². The van der Waals surface area contributed by atoms with Crippen LogP contribution < -0.4 is 11.3 Å². The number of carbonyl (C=O) groups excluding carboxylic acids is 1. The van der Waals surface area contributed by atoms with Gasteiger partial charge in [-0.1, -0.05) is 0 Å². The van der Waals surface area contributed by atoms with Crippen molar-refractivity contribution >= 4 is 5.91 Å². The molecular formula is C10H13F2N3O2. The first-order chi connectivity index (χ1) is 8.04. The van der Waals surface area contributed by atoms with E-state index in [1.807, 2.05) is 0 Å². The first kappa shape index (κ1) is 13.3. The summed E-state index contributed by atoms with van der Waals surface area (Å²) < 4.78 is 24.5. The van der Waals surface area contributed by atoms with Crippen molar-refractivity contribution in [2.24, 2.45) is 5.73 Å². The minimum absolute atomic E-state index is 0.0238. The average molecular weight is 245 g/mol. The second-order valence-electron chi connectivity index (χ2n) is 3.37. The Balaban J connectivity index is 2.87. The molecule has 5 nitrogen and oxygen atoms in total. The number of amides is 1. The Hall–Kier alpha value is -1.76. The van der Waals surface area contributed by atoms with E-state index in [1.54, 1.807) is 0 Å². The van der Waals surface area contributed by atoms with E-state index in [1.165, 1.54) is 12.3 Å². The first-order valence-electron chi connectivity index (χ1n) is 5.01. The predicted molar refractivity (Wildman–Crippen MR) is 58.0 cm³/mol. The van der Waals surface area contributed by atoms with E-state index in [2.05, 4.69) is 4.98 Å². The van der Waals surface area contributed by atoms with Gasteiger partial charge in [-0.05, 0) is 6.07 Å². The molecule has 0 unspecified atom stereocenters. The molecule has 1 rings (SSSR count). The van der Waals surface area contributed by atoms with Gasteiger partial charge in [0, 0.05) is 30.9 Å². The molecule has 0 saturated heterocycles. The fourth-order valence-corrected chi connectivity index (χ4v) is 1.36. The topological polar surface area (TPSA) is 79.2 Å². The van der Waals surface area contributed by atoms with Crippen LogP contribution >= 0.6 is 0 Å². The first-order valence-corrected chi connectivity index (χ1v) is 5.01. The Morgan fingerprint density at radius 1 is 1.53 bits per heavy atom. The quantitative estimate of drug-likeness (QED) is 0.768. The van der Waals surface area contributed by atoms with Crippen molar-refractivity contribution in [3.63, 3.8) is 0 Å². The number of hydrogen-bond donors (Lipinski definition) is 2. The van der Waals surface area contributed by atoms with Gasteiger partial charge in [0.25, 0.3) is 12.3 Å². The molecule has 1 amide bonds. The van der Waals surface area contributed by atoms with E-state index in [4.69, 9.17) is 5.73 Å². The molecule has 0 fully saturated rings. The zero-order chi connectivity index (χ0) is 12.8. The molecule has 1 aromatic heterocycles. The van der Waals surface area contributed by atoms with Crippen LogP contribution in [-0.4, -0.2) is 41.9 Å². The van der Waals surface area contributed by atoms with Gasteiger partial charge in [-0.2, -0.15) is 0 Å². The van der Waals surface area contributed by atoms with Gasteiger partial charge in [0.05, 0.1) is 6.54 Å². The molecule has 0 aromatic carbocycles. The highest BCUT2D eigenvalue weighted by Gasteiger charge is 2.19. The maximum Gasteiger partial charge on any atom is 0.255 e. The van der Waals surface area contributed by atoms with Gasteiger partial charge >= 0.3 is 0 Å². The summed E-state index contributed by atoms with van der Waals surface area (Å²) in [7, 11) is 0. The summed E-state index contributed by atoms with van der Waals surface area (Å²) in [6.45, 7) is -0.583. The van der Waals surface area contributed by atoms with Gasteiger partial charge in [0.2, 0.25) is 5.56 Å². The van der Waals surface area contributed by atoms with Gasteiger partial charge in [0.15, 0.2) is 0 Å². The molecule has 1 aromatic rings. The third kappa shape index (κ3) is 3.95. The molecule has 94 valence electrons. The summed E-state index contributed by atoms with van der Waals surface area (Å²) >= 11 is 0. The normalized spacial score (nSPS) is 10.6. The van der Waals surface area contributed by atoms with Crippen LogP contribution in [0.2, 0.25) is 0 Å². The van der Waals surface area contributed by atoms with Crippen LogP contribution in [-0.2, 0) is 0 Å². The van der Waals surface area contributed by atoms with Crippen molar-refractivity contribution in [2.45, 2.75) is 6.43 Å². The minimum Gasteiger partial charge on any atom is -0.332 e. The van der Waals surface area contributed by atoms with E-state index in [0.29, 0.717) is 0 Å². The van der Waals surface area contributed by atoms with Crippen molar-refractivity contribution < 1.29 is 13.6 Å². The third-order valence-electron chi connectivity index (χ3n) is 2.07. The Labute approximate surface area is 96.2 Å². The van der Waals surface area contributed by atoms with E-state index in [0.717, 1.165) is 11.0 Å². The number of alkyl halides is 2. The second-order valence-corrected chi connectivity index (χ2v) is 3.37. The standard InChI is InChI=1S/C10H13F2N3O2/c11-8(12)6-15(4-2-13)10(17)7-1-3-14-9(16)5-7/h1,3,5,8H,2,4,6,13H2,(H,14,16). The maximum atomic E-state index is 12.3. The fourth-order valence-electron chi connectivity index (χ4n) is 1.36. The van der Waals surface area contributed by atoms with Gasteiger partial charge < -0.3 is 15.6 Å². The van der Waals surface area contributed by atoms with Gasteiger partial charge in [-0.15, -0.1) is 0 Å². The van der Waals surface area contributed by atoms with Crippen molar-refractivity contribution in [2.75, 3.05) is 19.6 Å². The van der Waals surface area contributed by atoms with Crippen LogP contribution in [0.5, 0.6) is 0 Å². The summed E-state index contributed by atoms with van der Waals surface area (Å²) in [5.74, 6) is -0.623. The fraction of sp³-hybridized carbons (Fsp3) is 0.400. The van der Waals surface area contributed by atoms with E-state index >= 15 is 0 Å². The number of aromatic amines is 1. The highest BCUT2D eigenvalue weighted by atomic mass is 19.3. The van der Waals surface area contributed by atoms with Crippen LogP contribution in [0, 0.1) is 0 Å². The molecule has 17 heavy (non-hydrogen) atoms. The molecular weight excluding hydrogens is 232 g/mol. The Bertz CT molecular complexity index is 434. The molecule has 0 spiro atoms. The highest BCUT2D eigenvalue weighted by Crippen LogP contribution is 2.04. The van der Waals surface area contributed by atoms with E-state index in [9.17, 15) is 18.4 Å². The highest BCUT2D eigenvalue weighted by molar-refractivity contribution is 5.94. The summed E-state index contributed by atoms with van der Waals surface area (Å²) in [6.07, 6.45) is -1.34. The molecule has 0 radical (unpaired) electrons.